The second kappa shape index (κ2) is 5.32. The molecule has 1 unspecified atom stereocenters. The second-order valence-electron chi connectivity index (χ2n) is 4.98. The van der Waals surface area contributed by atoms with Gasteiger partial charge in [0.1, 0.15) is 5.82 Å². The molecule has 1 aromatic heterocycles. The third-order valence-electron chi connectivity index (χ3n) is 3.76. The maximum absolute atomic E-state index is 11.2. The van der Waals surface area contributed by atoms with Crippen LogP contribution in [0.5, 0.6) is 0 Å². The number of carbonyl (C=O) groups is 1. The Kier molecular flexibility index (Phi) is 3.53. The van der Waals surface area contributed by atoms with Crippen LogP contribution in [0.3, 0.4) is 0 Å². The number of aromatic nitrogens is 1. The Morgan fingerprint density at radius 1 is 1.40 bits per heavy atom. The molecule has 1 aromatic carbocycles. The van der Waals surface area contributed by atoms with Gasteiger partial charge in [0.05, 0.1) is 11.1 Å². The lowest BCUT2D eigenvalue weighted by Crippen LogP contribution is -2.31. The number of nitrogens with zero attached hydrogens (tertiary/aromatic N) is 2. The Labute approximate surface area is 121 Å². The maximum atomic E-state index is 11.2. The van der Waals surface area contributed by atoms with E-state index >= 15 is 0 Å². The fourth-order valence-corrected chi connectivity index (χ4v) is 3.81. The van der Waals surface area contributed by atoms with Crippen molar-refractivity contribution in [2.24, 2.45) is 0 Å². The van der Waals surface area contributed by atoms with Crippen molar-refractivity contribution in [3.05, 3.63) is 35.9 Å². The van der Waals surface area contributed by atoms with Crippen molar-refractivity contribution in [3.8, 4) is 0 Å². The molecule has 0 aliphatic carbocycles. The number of benzene rings is 1. The molecule has 1 aliphatic rings. The number of thioether (sulfide) groups is 1. The van der Waals surface area contributed by atoms with E-state index in [2.05, 4.69) is 16.9 Å². The predicted molar refractivity (Wildman–Crippen MR) is 82.8 cm³/mol. The standard InChI is InChI=1S/C15H16N2O2S/c1-17(10-7-8-20-9-10)14-6-5-11-12(15(18)19)3-2-4-13(11)16-14/h2-6,10H,7-9H2,1H3,(H,18,19). The molecular weight excluding hydrogens is 272 g/mol. The molecule has 3 rings (SSSR count). The molecule has 1 saturated heterocycles. The predicted octanol–water partition coefficient (Wildman–Crippen LogP) is 2.87. The highest BCUT2D eigenvalue weighted by Gasteiger charge is 2.21. The third-order valence-corrected chi connectivity index (χ3v) is 4.91. The highest BCUT2D eigenvalue weighted by atomic mass is 32.2. The topological polar surface area (TPSA) is 53.4 Å². The number of anilines is 1. The molecule has 20 heavy (non-hydrogen) atoms. The third kappa shape index (κ3) is 2.33. The number of carboxylic acids is 1. The summed E-state index contributed by atoms with van der Waals surface area (Å²) in [7, 11) is 2.06. The smallest absolute Gasteiger partial charge is 0.336 e. The summed E-state index contributed by atoms with van der Waals surface area (Å²) < 4.78 is 0. The average molecular weight is 288 g/mol. The molecule has 5 heteroatoms. The van der Waals surface area contributed by atoms with Crippen LogP contribution in [0.25, 0.3) is 10.9 Å². The summed E-state index contributed by atoms with van der Waals surface area (Å²) in [5.41, 5.74) is 1.04. The van der Waals surface area contributed by atoms with Crippen molar-refractivity contribution in [2.75, 3.05) is 23.5 Å². The summed E-state index contributed by atoms with van der Waals surface area (Å²) in [6.07, 6.45) is 1.18. The lowest BCUT2D eigenvalue weighted by atomic mass is 10.1. The summed E-state index contributed by atoms with van der Waals surface area (Å²) in [6.45, 7) is 0. The first kappa shape index (κ1) is 13.2. The zero-order valence-corrected chi connectivity index (χ0v) is 12.1. The second-order valence-corrected chi connectivity index (χ2v) is 6.13. The van der Waals surface area contributed by atoms with E-state index in [-0.39, 0.29) is 0 Å². The van der Waals surface area contributed by atoms with Crippen LogP contribution in [0.1, 0.15) is 16.8 Å². The SMILES string of the molecule is CN(c1ccc2c(C(=O)O)cccc2n1)C1CCSC1. The maximum Gasteiger partial charge on any atom is 0.336 e. The molecule has 1 aliphatic heterocycles. The number of carboxylic acid groups (broad SMARTS) is 1. The van der Waals surface area contributed by atoms with Crippen LogP contribution in [0.2, 0.25) is 0 Å². The van der Waals surface area contributed by atoms with E-state index < -0.39 is 5.97 Å². The Hall–Kier alpha value is -1.75. The number of fused-ring (bicyclic) bond motifs is 1. The minimum absolute atomic E-state index is 0.306. The zero-order chi connectivity index (χ0) is 14.1. The van der Waals surface area contributed by atoms with Crippen molar-refractivity contribution in [1.29, 1.82) is 0 Å². The molecule has 0 amide bonds. The molecule has 104 valence electrons. The van der Waals surface area contributed by atoms with E-state index in [0.29, 0.717) is 17.0 Å². The normalized spacial score (nSPS) is 18.4. The number of hydrogen-bond acceptors (Lipinski definition) is 4. The molecule has 1 fully saturated rings. The summed E-state index contributed by atoms with van der Waals surface area (Å²) >= 11 is 1.97. The van der Waals surface area contributed by atoms with Crippen LogP contribution in [0.15, 0.2) is 30.3 Å². The Balaban J connectivity index is 2.00. The van der Waals surface area contributed by atoms with Gasteiger partial charge in [-0.25, -0.2) is 9.78 Å². The molecule has 0 saturated carbocycles. The van der Waals surface area contributed by atoms with Gasteiger partial charge in [-0.15, -0.1) is 0 Å². The lowest BCUT2D eigenvalue weighted by Gasteiger charge is -2.25. The average Bonchev–Trinajstić information content (AvgIpc) is 2.99. The lowest BCUT2D eigenvalue weighted by molar-refractivity contribution is 0.0699. The molecule has 1 N–H and O–H groups in total. The van der Waals surface area contributed by atoms with Gasteiger partial charge in [0, 0.05) is 24.2 Å². The Morgan fingerprint density at radius 2 is 2.25 bits per heavy atom. The highest BCUT2D eigenvalue weighted by molar-refractivity contribution is 7.99. The monoisotopic (exact) mass is 288 g/mol. The van der Waals surface area contributed by atoms with Gasteiger partial charge >= 0.3 is 5.97 Å². The van der Waals surface area contributed by atoms with Crippen molar-refractivity contribution >= 4 is 34.5 Å². The summed E-state index contributed by atoms with van der Waals surface area (Å²) in [4.78, 5) is 18.0. The molecule has 0 bridgehead atoms. The molecule has 2 aromatic rings. The number of rotatable bonds is 3. The molecule has 2 heterocycles. The number of pyridine rings is 1. The van der Waals surface area contributed by atoms with Gasteiger partial charge in [-0.05, 0) is 36.4 Å². The largest absolute Gasteiger partial charge is 0.478 e. The Bertz CT molecular complexity index is 653. The van der Waals surface area contributed by atoms with Gasteiger partial charge < -0.3 is 10.0 Å². The van der Waals surface area contributed by atoms with Crippen LogP contribution in [-0.4, -0.2) is 40.7 Å². The molecule has 0 spiro atoms. The van der Waals surface area contributed by atoms with Crippen LogP contribution in [0, 0.1) is 0 Å². The number of hydrogen-bond donors (Lipinski definition) is 1. The van der Waals surface area contributed by atoms with Crippen LogP contribution in [-0.2, 0) is 0 Å². The van der Waals surface area contributed by atoms with Crippen LogP contribution >= 0.6 is 11.8 Å². The quantitative estimate of drug-likeness (QED) is 0.941. The summed E-state index contributed by atoms with van der Waals surface area (Å²) in [5.74, 6) is 2.33. The number of aromatic carboxylic acids is 1. The summed E-state index contributed by atoms with van der Waals surface area (Å²) in [5, 5.41) is 9.89. The van der Waals surface area contributed by atoms with E-state index in [4.69, 9.17) is 0 Å². The van der Waals surface area contributed by atoms with Crippen LogP contribution < -0.4 is 4.90 Å². The van der Waals surface area contributed by atoms with E-state index in [9.17, 15) is 9.90 Å². The minimum Gasteiger partial charge on any atom is -0.478 e. The minimum atomic E-state index is -0.911. The first-order valence-corrected chi connectivity index (χ1v) is 7.76. The molecule has 0 radical (unpaired) electrons. The van der Waals surface area contributed by atoms with E-state index in [1.165, 1.54) is 12.2 Å². The fraction of sp³-hybridized carbons (Fsp3) is 0.333. The van der Waals surface area contributed by atoms with Gasteiger partial charge in [-0.2, -0.15) is 11.8 Å². The first-order valence-electron chi connectivity index (χ1n) is 6.60. The van der Waals surface area contributed by atoms with Crippen LogP contribution in [0.4, 0.5) is 5.82 Å². The Morgan fingerprint density at radius 3 is 2.95 bits per heavy atom. The van der Waals surface area contributed by atoms with Gasteiger partial charge in [-0.3, -0.25) is 0 Å². The zero-order valence-electron chi connectivity index (χ0n) is 11.2. The fourth-order valence-electron chi connectivity index (χ4n) is 2.54. The van der Waals surface area contributed by atoms with Gasteiger partial charge in [0.25, 0.3) is 0 Å². The highest BCUT2D eigenvalue weighted by Crippen LogP contribution is 2.27. The van der Waals surface area contributed by atoms with Crippen molar-refractivity contribution in [1.82, 2.24) is 4.98 Å². The molecule has 1 atom stereocenters. The van der Waals surface area contributed by atoms with Crippen molar-refractivity contribution in [2.45, 2.75) is 12.5 Å². The van der Waals surface area contributed by atoms with E-state index in [1.54, 1.807) is 12.1 Å². The van der Waals surface area contributed by atoms with Crippen molar-refractivity contribution < 1.29 is 9.90 Å². The van der Waals surface area contributed by atoms with Gasteiger partial charge in [0.2, 0.25) is 0 Å². The summed E-state index contributed by atoms with van der Waals surface area (Å²) in [6, 6.07) is 9.52. The van der Waals surface area contributed by atoms with E-state index in [0.717, 1.165) is 17.1 Å². The van der Waals surface area contributed by atoms with Gasteiger partial charge in [0.15, 0.2) is 0 Å². The van der Waals surface area contributed by atoms with E-state index in [1.807, 2.05) is 30.0 Å². The first-order chi connectivity index (χ1) is 9.66. The molecule has 4 nitrogen and oxygen atoms in total. The molecular formula is C15H16N2O2S. The van der Waals surface area contributed by atoms with Crippen molar-refractivity contribution in [3.63, 3.8) is 0 Å². The van der Waals surface area contributed by atoms with Gasteiger partial charge in [-0.1, -0.05) is 6.07 Å².